The van der Waals surface area contributed by atoms with Crippen LogP contribution in [0.15, 0.2) is 24.3 Å². The van der Waals surface area contributed by atoms with E-state index < -0.39 is 18.0 Å². The SMILES string of the molecule is COc1ccccc1NC(=O)[C@H](C)OC(=O)CN1CCCCCC1=O. The number of nitrogens with zero attached hydrogens (tertiary/aromatic N) is 1. The summed E-state index contributed by atoms with van der Waals surface area (Å²) in [6, 6.07) is 6.97. The number of esters is 1. The molecule has 1 aromatic carbocycles. The van der Waals surface area contributed by atoms with E-state index in [0.717, 1.165) is 19.3 Å². The average molecular weight is 348 g/mol. The molecule has 136 valence electrons. The predicted molar refractivity (Wildman–Crippen MR) is 92.2 cm³/mol. The lowest BCUT2D eigenvalue weighted by molar-refractivity contribution is -0.156. The number of amides is 2. The molecule has 1 atom stereocenters. The minimum Gasteiger partial charge on any atom is -0.495 e. The fourth-order valence-corrected chi connectivity index (χ4v) is 2.63. The van der Waals surface area contributed by atoms with Crippen molar-refractivity contribution in [1.29, 1.82) is 0 Å². The zero-order valence-corrected chi connectivity index (χ0v) is 14.6. The third kappa shape index (κ3) is 5.48. The number of likely N-dealkylation sites (tertiary alicyclic amines) is 1. The molecule has 1 fully saturated rings. The van der Waals surface area contributed by atoms with Crippen LogP contribution in [0.2, 0.25) is 0 Å². The summed E-state index contributed by atoms with van der Waals surface area (Å²) >= 11 is 0. The second kappa shape index (κ2) is 9.05. The van der Waals surface area contributed by atoms with E-state index in [1.54, 1.807) is 24.3 Å². The average Bonchev–Trinajstić information content (AvgIpc) is 2.79. The Labute approximate surface area is 147 Å². The van der Waals surface area contributed by atoms with Gasteiger partial charge in [0.15, 0.2) is 6.10 Å². The van der Waals surface area contributed by atoms with E-state index in [-0.39, 0.29) is 12.5 Å². The monoisotopic (exact) mass is 348 g/mol. The number of para-hydroxylation sites is 2. The number of hydrogen-bond donors (Lipinski definition) is 1. The standard InChI is InChI=1S/C18H24N2O5/c1-13(18(23)19-14-8-5-6-9-15(14)24-2)25-17(22)12-20-11-7-3-4-10-16(20)21/h5-6,8-9,13H,3-4,7,10-12H2,1-2H3,(H,19,23)/t13-/m0/s1. The number of nitrogens with one attached hydrogen (secondary N) is 1. The molecule has 0 aliphatic carbocycles. The predicted octanol–water partition coefficient (Wildman–Crippen LogP) is 1.97. The zero-order valence-electron chi connectivity index (χ0n) is 14.6. The molecule has 0 spiro atoms. The van der Waals surface area contributed by atoms with Gasteiger partial charge in [-0.15, -0.1) is 0 Å². The first-order chi connectivity index (χ1) is 12.0. The molecule has 0 radical (unpaired) electrons. The zero-order chi connectivity index (χ0) is 18.2. The number of rotatable bonds is 6. The van der Waals surface area contributed by atoms with Gasteiger partial charge in [-0.05, 0) is 31.9 Å². The lowest BCUT2D eigenvalue weighted by atomic mass is 10.2. The fourth-order valence-electron chi connectivity index (χ4n) is 2.63. The van der Waals surface area contributed by atoms with Gasteiger partial charge in [0.25, 0.3) is 5.91 Å². The first kappa shape index (κ1) is 18.8. The van der Waals surface area contributed by atoms with Gasteiger partial charge in [0.05, 0.1) is 12.8 Å². The fraction of sp³-hybridized carbons (Fsp3) is 0.500. The van der Waals surface area contributed by atoms with Gasteiger partial charge in [0.1, 0.15) is 12.3 Å². The molecule has 0 saturated carbocycles. The van der Waals surface area contributed by atoms with Gasteiger partial charge < -0.3 is 19.7 Å². The second-order valence-electron chi connectivity index (χ2n) is 5.95. The summed E-state index contributed by atoms with van der Waals surface area (Å²) < 4.78 is 10.3. The van der Waals surface area contributed by atoms with Crippen molar-refractivity contribution in [3.8, 4) is 5.75 Å². The molecule has 2 rings (SSSR count). The van der Waals surface area contributed by atoms with Gasteiger partial charge in [-0.1, -0.05) is 18.6 Å². The molecule has 0 aromatic heterocycles. The van der Waals surface area contributed by atoms with Crippen molar-refractivity contribution in [2.24, 2.45) is 0 Å². The van der Waals surface area contributed by atoms with Crippen LogP contribution in [-0.2, 0) is 19.1 Å². The first-order valence-corrected chi connectivity index (χ1v) is 8.42. The first-order valence-electron chi connectivity index (χ1n) is 8.42. The number of methoxy groups -OCH3 is 1. The van der Waals surface area contributed by atoms with E-state index in [1.807, 2.05) is 0 Å². The topological polar surface area (TPSA) is 84.9 Å². The highest BCUT2D eigenvalue weighted by molar-refractivity contribution is 5.96. The highest BCUT2D eigenvalue weighted by Crippen LogP contribution is 2.23. The minimum atomic E-state index is -0.973. The summed E-state index contributed by atoms with van der Waals surface area (Å²) in [7, 11) is 1.51. The van der Waals surface area contributed by atoms with E-state index in [2.05, 4.69) is 5.32 Å². The molecule has 1 aliphatic rings. The number of ether oxygens (including phenoxy) is 2. The van der Waals surface area contributed by atoms with Crippen LogP contribution in [0.3, 0.4) is 0 Å². The molecular formula is C18H24N2O5. The molecule has 7 nitrogen and oxygen atoms in total. The van der Waals surface area contributed by atoms with Gasteiger partial charge in [0.2, 0.25) is 5.91 Å². The van der Waals surface area contributed by atoms with Crippen LogP contribution >= 0.6 is 0 Å². The Morgan fingerprint density at radius 2 is 2.00 bits per heavy atom. The smallest absolute Gasteiger partial charge is 0.326 e. The molecule has 1 aromatic rings. The van der Waals surface area contributed by atoms with Crippen molar-refractivity contribution in [2.45, 2.75) is 38.7 Å². The Bertz CT molecular complexity index is 632. The van der Waals surface area contributed by atoms with Gasteiger partial charge >= 0.3 is 5.97 Å². The number of carbonyl (C=O) groups excluding carboxylic acids is 3. The Kier molecular flexibility index (Phi) is 6.80. The molecule has 0 bridgehead atoms. The van der Waals surface area contributed by atoms with Gasteiger partial charge in [-0.2, -0.15) is 0 Å². The number of anilines is 1. The number of benzene rings is 1. The van der Waals surface area contributed by atoms with Crippen LogP contribution in [-0.4, -0.2) is 49.0 Å². The lowest BCUT2D eigenvalue weighted by Gasteiger charge is -2.21. The van der Waals surface area contributed by atoms with Crippen LogP contribution in [0, 0.1) is 0 Å². The summed E-state index contributed by atoms with van der Waals surface area (Å²) in [5.41, 5.74) is 0.501. The summed E-state index contributed by atoms with van der Waals surface area (Å²) in [4.78, 5) is 37.6. The molecule has 0 unspecified atom stereocenters. The molecule has 7 heteroatoms. The Morgan fingerprint density at radius 3 is 2.76 bits per heavy atom. The van der Waals surface area contributed by atoms with Crippen LogP contribution in [0.1, 0.15) is 32.6 Å². The molecule has 1 N–H and O–H groups in total. The molecule has 25 heavy (non-hydrogen) atoms. The van der Waals surface area contributed by atoms with E-state index in [4.69, 9.17) is 9.47 Å². The largest absolute Gasteiger partial charge is 0.495 e. The Hall–Kier alpha value is -2.57. The molecule has 1 heterocycles. The number of carbonyl (C=O) groups is 3. The van der Waals surface area contributed by atoms with Crippen molar-refractivity contribution in [3.05, 3.63) is 24.3 Å². The van der Waals surface area contributed by atoms with Crippen molar-refractivity contribution in [1.82, 2.24) is 4.90 Å². The second-order valence-corrected chi connectivity index (χ2v) is 5.95. The summed E-state index contributed by atoms with van der Waals surface area (Å²) in [6.07, 6.45) is 2.19. The van der Waals surface area contributed by atoms with Crippen LogP contribution in [0.5, 0.6) is 5.75 Å². The normalized spacial score (nSPS) is 15.9. The highest BCUT2D eigenvalue weighted by atomic mass is 16.5. The maximum Gasteiger partial charge on any atom is 0.326 e. The minimum absolute atomic E-state index is 0.0411. The lowest BCUT2D eigenvalue weighted by Crippen LogP contribution is -2.38. The van der Waals surface area contributed by atoms with Gasteiger partial charge in [-0.3, -0.25) is 14.4 Å². The third-order valence-corrected chi connectivity index (χ3v) is 4.03. The maximum absolute atomic E-state index is 12.2. The van der Waals surface area contributed by atoms with Crippen molar-refractivity contribution in [3.63, 3.8) is 0 Å². The summed E-state index contributed by atoms with van der Waals surface area (Å²) in [5, 5.41) is 2.67. The van der Waals surface area contributed by atoms with Crippen molar-refractivity contribution in [2.75, 3.05) is 25.5 Å². The quantitative estimate of drug-likeness (QED) is 0.795. The van der Waals surface area contributed by atoms with Crippen LogP contribution < -0.4 is 10.1 Å². The van der Waals surface area contributed by atoms with E-state index in [1.165, 1.54) is 18.9 Å². The van der Waals surface area contributed by atoms with Crippen molar-refractivity contribution >= 4 is 23.5 Å². The molecule has 2 amide bonds. The van der Waals surface area contributed by atoms with Crippen LogP contribution in [0.25, 0.3) is 0 Å². The Balaban J connectivity index is 1.87. The van der Waals surface area contributed by atoms with E-state index >= 15 is 0 Å². The molecular weight excluding hydrogens is 324 g/mol. The van der Waals surface area contributed by atoms with Gasteiger partial charge in [0, 0.05) is 13.0 Å². The third-order valence-electron chi connectivity index (χ3n) is 4.03. The van der Waals surface area contributed by atoms with E-state index in [0.29, 0.717) is 24.4 Å². The summed E-state index contributed by atoms with van der Waals surface area (Å²) in [5.74, 6) is -0.567. The molecule has 1 saturated heterocycles. The maximum atomic E-state index is 12.2. The van der Waals surface area contributed by atoms with Crippen molar-refractivity contribution < 1.29 is 23.9 Å². The number of hydrogen-bond acceptors (Lipinski definition) is 5. The molecule has 1 aliphatic heterocycles. The summed E-state index contributed by atoms with van der Waals surface area (Å²) in [6.45, 7) is 1.92. The van der Waals surface area contributed by atoms with E-state index in [9.17, 15) is 14.4 Å². The van der Waals surface area contributed by atoms with Gasteiger partial charge in [-0.25, -0.2) is 0 Å². The highest BCUT2D eigenvalue weighted by Gasteiger charge is 2.23. The Morgan fingerprint density at radius 1 is 1.24 bits per heavy atom. The van der Waals surface area contributed by atoms with Crippen LogP contribution in [0.4, 0.5) is 5.69 Å².